The van der Waals surface area contributed by atoms with Crippen LogP contribution in [0.5, 0.6) is 5.75 Å². The van der Waals surface area contributed by atoms with Crippen molar-refractivity contribution in [2.45, 2.75) is 44.4 Å². The van der Waals surface area contributed by atoms with Gasteiger partial charge < -0.3 is 9.84 Å². The van der Waals surface area contributed by atoms with E-state index in [0.29, 0.717) is 18.6 Å². The van der Waals surface area contributed by atoms with E-state index in [4.69, 9.17) is 4.74 Å². The number of carboxylic acids is 1. The topological polar surface area (TPSA) is 46.5 Å². The Balaban J connectivity index is 2.66. The summed E-state index contributed by atoms with van der Waals surface area (Å²) in [5, 5.41) is 9.80. The number of aryl methyl sites for hydroxylation is 1. The van der Waals surface area contributed by atoms with Crippen LogP contribution in [0.4, 0.5) is 0 Å². The highest BCUT2D eigenvalue weighted by Gasteiger charge is 2.44. The summed E-state index contributed by atoms with van der Waals surface area (Å²) >= 11 is 3.52. The van der Waals surface area contributed by atoms with Crippen LogP contribution in [0.2, 0.25) is 0 Å². The van der Waals surface area contributed by atoms with Gasteiger partial charge in [-0.3, -0.25) is 4.79 Å². The Kier molecular flexibility index (Phi) is 4.19. The lowest BCUT2D eigenvalue weighted by Crippen LogP contribution is -2.38. The van der Waals surface area contributed by atoms with E-state index in [1.807, 2.05) is 19.1 Å². The van der Waals surface area contributed by atoms with Crippen molar-refractivity contribution in [3.63, 3.8) is 0 Å². The number of carbonyl (C=O) groups is 1. The Morgan fingerprint density at radius 3 is 2.47 bits per heavy atom. The van der Waals surface area contributed by atoms with E-state index in [2.05, 4.69) is 15.9 Å². The number of rotatable bonds is 3. The summed E-state index contributed by atoms with van der Waals surface area (Å²) in [7, 11) is 1.61. The second kappa shape index (κ2) is 5.53. The molecule has 1 saturated carbocycles. The van der Waals surface area contributed by atoms with Gasteiger partial charge in [-0.05, 0) is 31.4 Å². The molecule has 1 aromatic carbocycles. The Bertz CT molecular complexity index is 490. The largest absolute Gasteiger partial charge is 0.496 e. The molecular weight excluding hydrogens is 308 g/mol. The molecule has 0 unspecified atom stereocenters. The number of halogens is 1. The molecule has 0 saturated heterocycles. The summed E-state index contributed by atoms with van der Waals surface area (Å²) in [5.74, 6) is -0.0320. The maximum absolute atomic E-state index is 11.9. The number of methoxy groups -OCH3 is 1. The monoisotopic (exact) mass is 326 g/mol. The van der Waals surface area contributed by atoms with Gasteiger partial charge in [0.15, 0.2) is 0 Å². The smallest absolute Gasteiger partial charge is 0.314 e. The van der Waals surface area contributed by atoms with Crippen LogP contribution in [0.1, 0.15) is 43.2 Å². The van der Waals surface area contributed by atoms with Crippen molar-refractivity contribution in [1.82, 2.24) is 0 Å². The quantitative estimate of drug-likeness (QED) is 0.911. The Morgan fingerprint density at radius 2 is 1.95 bits per heavy atom. The van der Waals surface area contributed by atoms with E-state index in [9.17, 15) is 9.90 Å². The molecule has 2 rings (SSSR count). The summed E-state index contributed by atoms with van der Waals surface area (Å²) < 4.78 is 6.32. The van der Waals surface area contributed by atoms with Crippen LogP contribution >= 0.6 is 15.9 Å². The van der Waals surface area contributed by atoms with Crippen molar-refractivity contribution in [3.8, 4) is 5.75 Å². The molecule has 104 valence electrons. The van der Waals surface area contributed by atoms with Crippen molar-refractivity contribution in [2.75, 3.05) is 7.11 Å². The van der Waals surface area contributed by atoms with Gasteiger partial charge in [0.25, 0.3) is 0 Å². The molecule has 19 heavy (non-hydrogen) atoms. The number of carboxylic acid groups (broad SMARTS) is 1. The molecule has 0 atom stereocenters. The van der Waals surface area contributed by atoms with Crippen LogP contribution in [0.25, 0.3) is 0 Å². The molecule has 0 heterocycles. The molecule has 4 heteroatoms. The average molecular weight is 327 g/mol. The first kappa shape index (κ1) is 14.4. The Morgan fingerprint density at radius 1 is 1.32 bits per heavy atom. The number of benzene rings is 1. The van der Waals surface area contributed by atoms with Crippen LogP contribution in [-0.2, 0) is 10.2 Å². The highest BCUT2D eigenvalue weighted by Crippen LogP contribution is 2.47. The normalized spacial score (nSPS) is 18.1. The van der Waals surface area contributed by atoms with Gasteiger partial charge in [0.1, 0.15) is 5.75 Å². The molecule has 0 aliphatic heterocycles. The highest BCUT2D eigenvalue weighted by atomic mass is 79.9. The lowest BCUT2D eigenvalue weighted by atomic mass is 9.69. The molecular formula is C15H19BrO3. The molecule has 1 aliphatic rings. The van der Waals surface area contributed by atoms with Gasteiger partial charge in [0.2, 0.25) is 0 Å². The molecule has 1 aliphatic carbocycles. The van der Waals surface area contributed by atoms with Crippen LogP contribution in [-0.4, -0.2) is 18.2 Å². The molecule has 3 nitrogen and oxygen atoms in total. The maximum atomic E-state index is 11.9. The molecule has 1 aromatic rings. The van der Waals surface area contributed by atoms with Gasteiger partial charge in [-0.2, -0.15) is 0 Å². The zero-order valence-electron chi connectivity index (χ0n) is 11.3. The van der Waals surface area contributed by atoms with Crippen molar-refractivity contribution >= 4 is 21.9 Å². The maximum Gasteiger partial charge on any atom is 0.314 e. The first-order chi connectivity index (χ1) is 9.03. The van der Waals surface area contributed by atoms with Crippen molar-refractivity contribution < 1.29 is 14.6 Å². The van der Waals surface area contributed by atoms with E-state index in [-0.39, 0.29) is 0 Å². The van der Waals surface area contributed by atoms with Crippen LogP contribution in [0, 0.1) is 6.92 Å². The first-order valence-corrected chi connectivity index (χ1v) is 7.39. The lowest BCUT2D eigenvalue weighted by molar-refractivity contribution is -0.145. The van der Waals surface area contributed by atoms with Crippen molar-refractivity contribution in [3.05, 3.63) is 27.7 Å². The van der Waals surface area contributed by atoms with Gasteiger partial charge in [-0.15, -0.1) is 0 Å². The molecule has 0 radical (unpaired) electrons. The fourth-order valence-corrected chi connectivity index (χ4v) is 3.79. The summed E-state index contributed by atoms with van der Waals surface area (Å²) in [6.07, 6.45) is 4.38. The average Bonchev–Trinajstić information content (AvgIpc) is 2.41. The third-order valence-corrected chi connectivity index (χ3v) is 4.76. The number of hydrogen-bond acceptors (Lipinski definition) is 2. The molecule has 0 bridgehead atoms. The Labute approximate surface area is 122 Å². The molecule has 1 fully saturated rings. The van der Waals surface area contributed by atoms with E-state index in [1.165, 1.54) is 0 Å². The lowest BCUT2D eigenvalue weighted by Gasteiger charge is -2.35. The molecule has 1 N–H and O–H groups in total. The predicted molar refractivity (Wildman–Crippen MR) is 77.8 cm³/mol. The Hall–Kier alpha value is -1.03. The minimum absolute atomic E-state index is 0.681. The van der Waals surface area contributed by atoms with Gasteiger partial charge in [-0.1, -0.05) is 41.3 Å². The third kappa shape index (κ3) is 2.38. The van der Waals surface area contributed by atoms with E-state index >= 15 is 0 Å². The zero-order valence-corrected chi connectivity index (χ0v) is 12.9. The van der Waals surface area contributed by atoms with E-state index in [1.54, 1.807) is 7.11 Å². The fourth-order valence-electron chi connectivity index (χ4n) is 3.10. The molecule has 0 spiro atoms. The minimum atomic E-state index is -0.811. The van der Waals surface area contributed by atoms with Crippen LogP contribution in [0.3, 0.4) is 0 Å². The summed E-state index contributed by atoms with van der Waals surface area (Å²) in [6, 6.07) is 3.87. The van der Waals surface area contributed by atoms with Crippen molar-refractivity contribution in [2.24, 2.45) is 0 Å². The predicted octanol–water partition coefficient (Wildman–Crippen LogP) is 4.05. The highest BCUT2D eigenvalue weighted by molar-refractivity contribution is 9.10. The zero-order chi connectivity index (χ0) is 14.0. The minimum Gasteiger partial charge on any atom is -0.496 e. The SMILES string of the molecule is COc1c(C)ccc(Br)c1C1(C(=O)O)CCCCC1. The number of hydrogen-bond donors (Lipinski definition) is 1. The van der Waals surface area contributed by atoms with Gasteiger partial charge in [0, 0.05) is 10.0 Å². The van der Waals surface area contributed by atoms with Crippen molar-refractivity contribution in [1.29, 1.82) is 0 Å². The third-order valence-electron chi connectivity index (χ3n) is 4.10. The summed E-state index contributed by atoms with van der Waals surface area (Å²) in [5.41, 5.74) is 0.975. The van der Waals surface area contributed by atoms with Gasteiger partial charge >= 0.3 is 5.97 Å². The summed E-state index contributed by atoms with van der Waals surface area (Å²) in [4.78, 5) is 11.9. The van der Waals surface area contributed by atoms with Crippen LogP contribution < -0.4 is 4.74 Å². The second-order valence-corrected chi connectivity index (χ2v) is 6.07. The number of ether oxygens (including phenoxy) is 1. The van der Waals surface area contributed by atoms with E-state index in [0.717, 1.165) is 34.9 Å². The second-order valence-electron chi connectivity index (χ2n) is 5.22. The standard InChI is InChI=1S/C15H19BrO3/c1-10-6-7-11(16)12(13(10)19-2)15(14(17)18)8-4-3-5-9-15/h6-7H,3-5,8-9H2,1-2H3,(H,17,18). The first-order valence-electron chi connectivity index (χ1n) is 6.60. The molecule has 0 amide bonds. The van der Waals surface area contributed by atoms with Gasteiger partial charge in [-0.25, -0.2) is 0 Å². The van der Waals surface area contributed by atoms with Gasteiger partial charge in [0.05, 0.1) is 12.5 Å². The molecule has 0 aromatic heterocycles. The van der Waals surface area contributed by atoms with Crippen LogP contribution in [0.15, 0.2) is 16.6 Å². The van der Waals surface area contributed by atoms with E-state index < -0.39 is 11.4 Å². The number of aliphatic carboxylic acids is 1. The fraction of sp³-hybridized carbons (Fsp3) is 0.533. The summed E-state index contributed by atoms with van der Waals surface area (Å²) in [6.45, 7) is 1.95.